The highest BCUT2D eigenvalue weighted by Gasteiger charge is 2.30. The molecule has 4 unspecified atom stereocenters. The normalized spacial score (nSPS) is 11.9. The highest BCUT2D eigenvalue weighted by Crippen LogP contribution is 2.60. The molecule has 0 N–H and O–H groups in total. The van der Waals surface area contributed by atoms with E-state index in [9.17, 15) is 19.2 Å². The first kappa shape index (κ1) is 62.5. The standard InChI is InChI=1S/C12H19NO2.3C5H5BINO2P.2C2H6/c1-4-5-6-7-8-11(3)15-12(14)10(2)9-13;1-4(8-2)5(9)10-11(3,6)7;1-4(8-2)5(9)10-11(3)6-7;1-4(3-8)5(9)10-11(2,6)7;2*1-2/h11H,2,4-8H2,1,3H3;2*1H2,3H3;1H2,2H3;2*1-2H3/q;+1;;+1;;. The Hall–Kier alpha value is -1.53. The lowest BCUT2D eigenvalue weighted by Crippen LogP contribution is -2.15. The van der Waals surface area contributed by atoms with E-state index in [1.54, 1.807) is 37.0 Å². The molecule has 0 aliphatic carbocycles. The van der Waals surface area contributed by atoms with Crippen molar-refractivity contribution in [2.24, 2.45) is 0 Å². The van der Waals surface area contributed by atoms with Gasteiger partial charge in [0.2, 0.25) is 0 Å². The Kier molecular flexibility index (Phi) is 47.1. The Morgan fingerprint density at radius 2 is 1.21 bits per heavy atom. The molecule has 0 bridgehead atoms. The molecule has 0 rings (SSSR count). The fourth-order valence-electron chi connectivity index (χ4n) is 1.99. The van der Waals surface area contributed by atoms with Crippen LogP contribution in [0.3, 0.4) is 0 Å². The van der Waals surface area contributed by atoms with Gasteiger partial charge in [-0.2, -0.15) is 10.5 Å². The first-order chi connectivity index (χ1) is 24.0. The van der Waals surface area contributed by atoms with Crippen molar-refractivity contribution >= 4 is 128 Å². The van der Waals surface area contributed by atoms with E-state index < -0.39 is 41.9 Å². The maximum atomic E-state index is 11.1. The second-order valence-corrected chi connectivity index (χ2v) is 27.4. The zero-order valence-corrected chi connectivity index (χ0v) is 40.4. The summed E-state index contributed by atoms with van der Waals surface area (Å²) in [5.41, 5.74) is -0.760. The van der Waals surface area contributed by atoms with Gasteiger partial charge in [0, 0.05) is 0 Å². The van der Waals surface area contributed by atoms with Crippen molar-refractivity contribution in [3.63, 3.8) is 0 Å². The van der Waals surface area contributed by atoms with E-state index >= 15 is 0 Å². The summed E-state index contributed by atoms with van der Waals surface area (Å²) >= 11 is 5.68. The highest BCUT2D eigenvalue weighted by atomic mass is 127. The summed E-state index contributed by atoms with van der Waals surface area (Å²) in [6.45, 7) is 42.8. The Morgan fingerprint density at radius 3 is 1.56 bits per heavy atom. The third-order valence-electron chi connectivity index (χ3n) is 4.16. The lowest BCUT2D eigenvalue weighted by molar-refractivity contribution is -0.143. The number of esters is 1. The number of ether oxygens (including phenoxy) is 1. The molecular formula is C31H46B3I3N4O8P3+2. The number of hydrogen-bond acceptors (Lipinski definition) is 10. The molecule has 0 saturated heterocycles. The number of halogens is 3. The van der Waals surface area contributed by atoms with Crippen LogP contribution >= 0.6 is 84.5 Å². The van der Waals surface area contributed by atoms with Crippen molar-refractivity contribution in [3.05, 3.63) is 71.7 Å². The molecule has 0 fully saturated rings. The third-order valence-corrected chi connectivity index (χ3v) is 9.47. The molecule has 0 aromatic carbocycles. The number of carbonyl (C=O) groups excluding carboxylic acids is 4. The summed E-state index contributed by atoms with van der Waals surface area (Å²) in [6.07, 6.45) is 5.35. The van der Waals surface area contributed by atoms with Crippen molar-refractivity contribution in [1.82, 2.24) is 0 Å². The molecule has 21 heteroatoms. The van der Waals surface area contributed by atoms with E-state index in [4.69, 9.17) is 57.1 Å². The maximum Gasteiger partial charge on any atom is 0.426 e. The van der Waals surface area contributed by atoms with Gasteiger partial charge < -0.3 is 18.3 Å². The van der Waals surface area contributed by atoms with Crippen LogP contribution in [0.25, 0.3) is 9.69 Å². The van der Waals surface area contributed by atoms with Gasteiger partial charge in [0.25, 0.3) is 16.2 Å². The van der Waals surface area contributed by atoms with Crippen LogP contribution in [-0.4, -0.2) is 70.0 Å². The summed E-state index contributed by atoms with van der Waals surface area (Å²) in [7, 11) is 10.0. The summed E-state index contributed by atoms with van der Waals surface area (Å²) in [4.78, 5) is 50.9. The van der Waals surface area contributed by atoms with Gasteiger partial charge in [-0.1, -0.05) is 80.2 Å². The van der Waals surface area contributed by atoms with E-state index in [0.29, 0.717) is 0 Å². The molecule has 5 radical (unpaired) electrons. The van der Waals surface area contributed by atoms with Gasteiger partial charge >= 0.3 is 39.0 Å². The van der Waals surface area contributed by atoms with E-state index in [-0.39, 0.29) is 28.6 Å². The number of nitriles is 2. The fraction of sp³-hybridized carbons (Fsp3) is 0.484. The quantitative estimate of drug-likeness (QED) is 0.0239. The number of unbranched alkanes of at least 4 members (excludes halogenated alkanes) is 3. The van der Waals surface area contributed by atoms with Crippen molar-refractivity contribution in [1.29, 1.82) is 10.5 Å². The number of carbonyl (C=O) groups is 4. The molecule has 0 saturated carbocycles. The Labute approximate surface area is 356 Å². The van der Waals surface area contributed by atoms with E-state index in [1.807, 2.05) is 101 Å². The van der Waals surface area contributed by atoms with Crippen LogP contribution in [0, 0.1) is 35.8 Å². The van der Waals surface area contributed by atoms with E-state index in [1.165, 1.54) is 12.8 Å². The van der Waals surface area contributed by atoms with Gasteiger partial charge in [-0.3, -0.25) is 9.59 Å². The van der Waals surface area contributed by atoms with Gasteiger partial charge in [0.1, 0.15) is 23.3 Å². The minimum absolute atomic E-state index is 0.126. The molecule has 0 aliphatic rings. The SMILES string of the molecule is C=C(C#N)C(=O)OC(C)CCCCCC.CC.CC.[B][P+](C)(I)OC(=O)C(=C)C#N.[B][P+](C)(I)OC(=O)C(=C)[N+]#[C-].[C-]#[N+]C(=C)C(=O)OP(C)[B]I. The largest absolute Gasteiger partial charge is 0.460 e. The zero-order valence-electron chi connectivity index (χ0n) is 31.2. The minimum Gasteiger partial charge on any atom is -0.460 e. The Bertz CT molecular complexity index is 1290. The average Bonchev–Trinajstić information content (AvgIpc) is 3.09. The second-order valence-electron chi connectivity index (χ2n) is 8.91. The van der Waals surface area contributed by atoms with Crippen molar-refractivity contribution in [2.45, 2.75) is 79.8 Å². The van der Waals surface area contributed by atoms with Gasteiger partial charge in [-0.05, 0) is 26.4 Å². The number of hydrogen-bond donors (Lipinski definition) is 0. The zero-order chi connectivity index (χ0) is 42.7. The summed E-state index contributed by atoms with van der Waals surface area (Å²) in [6, 6.07) is 3.25. The fourth-order valence-corrected chi connectivity index (χ4v) is 4.67. The number of nitrogens with zero attached hydrogens (tertiary/aromatic N) is 4. The molecule has 0 aromatic heterocycles. The second kappa shape index (κ2) is 39.2. The molecular weight excluding hydrogens is 1060 g/mol. The average molecular weight is 1110 g/mol. The summed E-state index contributed by atoms with van der Waals surface area (Å²) in [5, 5.41) is 12.4. The van der Waals surface area contributed by atoms with E-state index in [0.717, 1.165) is 19.3 Å². The Balaban J connectivity index is -0.000000132. The lowest BCUT2D eigenvalue weighted by atomic mass is 10.1. The third kappa shape index (κ3) is 46.5. The van der Waals surface area contributed by atoms with Crippen molar-refractivity contribution < 1.29 is 37.5 Å². The van der Waals surface area contributed by atoms with Gasteiger partial charge in [0.05, 0.1) is 40.6 Å². The molecule has 281 valence electrons. The molecule has 0 amide bonds. The van der Waals surface area contributed by atoms with Crippen molar-refractivity contribution in [2.75, 3.05) is 20.0 Å². The van der Waals surface area contributed by atoms with Crippen LogP contribution < -0.4 is 0 Å². The molecule has 0 heterocycles. The number of rotatable bonds is 14. The smallest absolute Gasteiger partial charge is 0.426 e. The van der Waals surface area contributed by atoms with Crippen LogP contribution in [0.15, 0.2) is 48.9 Å². The van der Waals surface area contributed by atoms with Crippen molar-refractivity contribution in [3.8, 4) is 12.1 Å². The Morgan fingerprint density at radius 1 is 0.827 bits per heavy atom. The lowest BCUT2D eigenvalue weighted by Gasteiger charge is -2.11. The molecule has 12 nitrogen and oxygen atoms in total. The van der Waals surface area contributed by atoms with Crippen LogP contribution in [-0.2, 0) is 37.5 Å². The monoisotopic (exact) mass is 1110 g/mol. The van der Waals surface area contributed by atoms with Gasteiger partial charge in [-0.15, -0.1) is 22.4 Å². The topological polar surface area (TPSA) is 162 Å². The van der Waals surface area contributed by atoms with Crippen LogP contribution in [0.5, 0.6) is 0 Å². The first-order valence-electron chi connectivity index (χ1n) is 15.0. The molecule has 0 aliphatic heterocycles. The summed E-state index contributed by atoms with van der Waals surface area (Å²) < 4.78 is 19.2. The van der Waals surface area contributed by atoms with E-state index in [2.05, 4.69) is 42.9 Å². The molecule has 52 heavy (non-hydrogen) atoms. The van der Waals surface area contributed by atoms with Gasteiger partial charge in [0.15, 0.2) is 54.1 Å². The van der Waals surface area contributed by atoms with Crippen LogP contribution in [0.4, 0.5) is 0 Å². The van der Waals surface area contributed by atoms with Gasteiger partial charge in [-0.25, -0.2) is 19.3 Å². The van der Waals surface area contributed by atoms with Crippen LogP contribution in [0.1, 0.15) is 73.6 Å². The molecule has 0 aromatic rings. The minimum atomic E-state index is -2.13. The first-order valence-corrected chi connectivity index (χ1v) is 28.1. The maximum absolute atomic E-state index is 11.1. The predicted octanol–water partition coefficient (Wildman–Crippen LogP) is 10.5. The predicted molar refractivity (Wildman–Crippen MR) is 244 cm³/mol. The van der Waals surface area contributed by atoms with Crippen LogP contribution in [0.2, 0.25) is 0 Å². The molecule has 0 spiro atoms. The highest BCUT2D eigenvalue weighted by molar-refractivity contribution is 14.2. The summed E-state index contributed by atoms with van der Waals surface area (Å²) in [5.74, 6) is -2.69. The molecule has 4 atom stereocenters.